The zero-order valence-corrected chi connectivity index (χ0v) is 24.7. The molecule has 0 heterocycles. The van der Waals surface area contributed by atoms with Gasteiger partial charge in [-0.3, -0.25) is 14.4 Å². The highest BCUT2D eigenvalue weighted by Gasteiger charge is 2.18. The number of rotatable bonds is 9. The molecule has 3 N–H and O–H groups in total. The Morgan fingerprint density at radius 2 is 1.46 bits per heavy atom. The predicted octanol–water partition coefficient (Wildman–Crippen LogP) is 8.18. The van der Waals surface area contributed by atoms with Crippen LogP contribution in [-0.2, 0) is 9.59 Å². The summed E-state index contributed by atoms with van der Waals surface area (Å²) in [7, 11) is 0. The van der Waals surface area contributed by atoms with E-state index in [2.05, 4.69) is 16.0 Å². The third-order valence-corrected chi connectivity index (χ3v) is 7.72. The van der Waals surface area contributed by atoms with E-state index >= 15 is 0 Å². The van der Waals surface area contributed by atoms with E-state index in [0.29, 0.717) is 37.6 Å². The Balaban J connectivity index is 1.46. The minimum absolute atomic E-state index is 0.00797. The Labute approximate surface area is 257 Å². The molecule has 0 saturated carbocycles. The van der Waals surface area contributed by atoms with E-state index in [1.807, 2.05) is 0 Å². The zero-order chi connectivity index (χ0) is 29.4. The van der Waals surface area contributed by atoms with Crippen LogP contribution < -0.4 is 16.0 Å². The standard InChI is InChI=1S/C31H24Cl3N3O3S/c1-19(29(38)36-27-10-6-5-9-25(27)33)41-24-15-13-23(14-16-24)35-31(40)28(17-21-11-12-22(32)18-26(21)34)37-30(39)20-7-3-2-4-8-20/h2-19H,1H3,(H,35,40)(H,36,38)(H,37,39)/b28-17-. The predicted molar refractivity (Wildman–Crippen MR) is 169 cm³/mol. The fourth-order valence-corrected chi connectivity index (χ4v) is 5.10. The van der Waals surface area contributed by atoms with Gasteiger partial charge in [0.1, 0.15) is 5.70 Å². The molecule has 0 fully saturated rings. The molecule has 3 amide bonds. The number of thioether (sulfide) groups is 1. The second-order valence-corrected chi connectivity index (χ2v) is 11.4. The summed E-state index contributed by atoms with van der Waals surface area (Å²) in [6, 6.07) is 27.4. The van der Waals surface area contributed by atoms with E-state index in [-0.39, 0.29) is 11.6 Å². The molecule has 1 unspecified atom stereocenters. The molecule has 0 aliphatic heterocycles. The van der Waals surface area contributed by atoms with Crippen LogP contribution in [0.15, 0.2) is 108 Å². The Morgan fingerprint density at radius 1 is 0.780 bits per heavy atom. The number of halogens is 3. The van der Waals surface area contributed by atoms with Gasteiger partial charge in [0.25, 0.3) is 11.8 Å². The van der Waals surface area contributed by atoms with Gasteiger partial charge in [-0.2, -0.15) is 0 Å². The Morgan fingerprint density at radius 3 is 2.15 bits per heavy atom. The first-order valence-corrected chi connectivity index (χ1v) is 14.4. The molecule has 0 radical (unpaired) electrons. The van der Waals surface area contributed by atoms with Crippen LogP contribution in [0.3, 0.4) is 0 Å². The number of carbonyl (C=O) groups is 3. The summed E-state index contributed by atoms with van der Waals surface area (Å²) in [6.07, 6.45) is 1.48. The SMILES string of the molecule is CC(Sc1ccc(NC(=O)/C(=C/c2ccc(Cl)cc2Cl)NC(=O)c2ccccc2)cc1)C(=O)Nc1ccccc1Cl. The van der Waals surface area contributed by atoms with Crippen molar-refractivity contribution in [1.29, 1.82) is 0 Å². The number of benzene rings is 4. The van der Waals surface area contributed by atoms with Crippen LogP contribution in [0.2, 0.25) is 15.1 Å². The van der Waals surface area contributed by atoms with Crippen LogP contribution in [0.1, 0.15) is 22.8 Å². The maximum absolute atomic E-state index is 13.3. The summed E-state index contributed by atoms with van der Waals surface area (Å²) in [4.78, 5) is 39.6. The normalized spacial score (nSPS) is 11.9. The smallest absolute Gasteiger partial charge is 0.272 e. The molecular weight excluding hydrogens is 601 g/mol. The second-order valence-electron chi connectivity index (χ2n) is 8.75. The fraction of sp³-hybridized carbons (Fsp3) is 0.0645. The fourth-order valence-electron chi connectivity index (χ4n) is 3.59. The third kappa shape index (κ3) is 8.62. The van der Waals surface area contributed by atoms with Crippen molar-refractivity contribution in [2.45, 2.75) is 17.1 Å². The third-order valence-electron chi connectivity index (χ3n) is 5.72. The molecule has 0 aromatic heterocycles. The molecule has 41 heavy (non-hydrogen) atoms. The van der Waals surface area contributed by atoms with Gasteiger partial charge in [-0.15, -0.1) is 11.8 Å². The molecule has 0 spiro atoms. The lowest BCUT2D eigenvalue weighted by molar-refractivity contribution is -0.115. The largest absolute Gasteiger partial charge is 0.324 e. The van der Waals surface area contributed by atoms with Gasteiger partial charge in [0.15, 0.2) is 0 Å². The second kappa shape index (κ2) is 14.2. The maximum Gasteiger partial charge on any atom is 0.272 e. The maximum atomic E-state index is 13.3. The van der Waals surface area contributed by atoms with Gasteiger partial charge >= 0.3 is 0 Å². The molecule has 6 nitrogen and oxygen atoms in total. The molecule has 4 aromatic rings. The van der Waals surface area contributed by atoms with Crippen LogP contribution in [0.5, 0.6) is 0 Å². The average Bonchev–Trinajstić information content (AvgIpc) is 2.96. The molecule has 208 valence electrons. The number of hydrogen-bond donors (Lipinski definition) is 3. The van der Waals surface area contributed by atoms with Crippen molar-refractivity contribution in [1.82, 2.24) is 5.32 Å². The van der Waals surface area contributed by atoms with Crippen LogP contribution in [0.25, 0.3) is 6.08 Å². The Hall–Kier alpha value is -3.75. The lowest BCUT2D eigenvalue weighted by Gasteiger charge is -2.14. The van der Waals surface area contributed by atoms with Crippen molar-refractivity contribution in [3.8, 4) is 0 Å². The first-order valence-electron chi connectivity index (χ1n) is 12.4. The summed E-state index contributed by atoms with van der Waals surface area (Å²) in [5, 5.41) is 9.13. The summed E-state index contributed by atoms with van der Waals surface area (Å²) in [5.41, 5.74) is 1.93. The van der Waals surface area contributed by atoms with E-state index in [1.165, 1.54) is 17.8 Å². The van der Waals surface area contributed by atoms with Crippen molar-refractivity contribution >= 4 is 81.7 Å². The van der Waals surface area contributed by atoms with Gasteiger partial charge in [0.2, 0.25) is 5.91 Å². The summed E-state index contributed by atoms with van der Waals surface area (Å²) < 4.78 is 0. The van der Waals surface area contributed by atoms with Gasteiger partial charge in [-0.1, -0.05) is 71.2 Å². The molecule has 0 aliphatic rings. The quantitative estimate of drug-likeness (QED) is 0.129. The highest BCUT2D eigenvalue weighted by atomic mass is 35.5. The molecule has 4 rings (SSSR count). The summed E-state index contributed by atoms with van der Waals surface area (Å²) in [5.74, 6) is -1.19. The minimum Gasteiger partial charge on any atom is -0.324 e. The van der Waals surface area contributed by atoms with E-state index < -0.39 is 17.1 Å². The number of nitrogens with one attached hydrogen (secondary N) is 3. The summed E-state index contributed by atoms with van der Waals surface area (Å²) in [6.45, 7) is 1.79. The number of carbonyl (C=O) groups excluding carboxylic acids is 3. The van der Waals surface area contributed by atoms with Crippen molar-refractivity contribution in [3.63, 3.8) is 0 Å². The molecule has 1 atom stereocenters. The summed E-state index contributed by atoms with van der Waals surface area (Å²) >= 11 is 19.8. The van der Waals surface area contributed by atoms with Crippen LogP contribution in [0.4, 0.5) is 11.4 Å². The molecule has 0 bridgehead atoms. The van der Waals surface area contributed by atoms with Crippen molar-refractivity contribution in [3.05, 3.63) is 129 Å². The van der Waals surface area contributed by atoms with Gasteiger partial charge in [-0.05, 0) is 79.2 Å². The molecule has 4 aromatic carbocycles. The van der Waals surface area contributed by atoms with Crippen LogP contribution >= 0.6 is 46.6 Å². The lowest BCUT2D eigenvalue weighted by Crippen LogP contribution is -2.30. The van der Waals surface area contributed by atoms with Gasteiger partial charge in [-0.25, -0.2) is 0 Å². The van der Waals surface area contributed by atoms with Crippen molar-refractivity contribution in [2.75, 3.05) is 10.6 Å². The van der Waals surface area contributed by atoms with E-state index in [1.54, 1.807) is 104 Å². The van der Waals surface area contributed by atoms with E-state index in [0.717, 1.165) is 4.90 Å². The lowest BCUT2D eigenvalue weighted by atomic mass is 10.1. The molecular formula is C31H24Cl3N3O3S. The molecule has 0 aliphatic carbocycles. The topological polar surface area (TPSA) is 87.3 Å². The van der Waals surface area contributed by atoms with Crippen molar-refractivity contribution < 1.29 is 14.4 Å². The van der Waals surface area contributed by atoms with Crippen LogP contribution in [-0.4, -0.2) is 23.0 Å². The Bertz CT molecular complexity index is 1600. The first-order chi connectivity index (χ1) is 19.7. The molecule has 0 saturated heterocycles. The van der Waals surface area contributed by atoms with Gasteiger partial charge < -0.3 is 16.0 Å². The average molecular weight is 625 g/mol. The van der Waals surface area contributed by atoms with E-state index in [9.17, 15) is 14.4 Å². The zero-order valence-electron chi connectivity index (χ0n) is 21.7. The van der Waals surface area contributed by atoms with Crippen molar-refractivity contribution in [2.24, 2.45) is 0 Å². The Kier molecular flexibility index (Phi) is 10.5. The first kappa shape index (κ1) is 30.2. The van der Waals surface area contributed by atoms with E-state index in [4.69, 9.17) is 34.8 Å². The van der Waals surface area contributed by atoms with Crippen LogP contribution in [0, 0.1) is 0 Å². The number of hydrogen-bond acceptors (Lipinski definition) is 4. The highest BCUT2D eigenvalue weighted by Crippen LogP contribution is 2.28. The number of anilines is 2. The van der Waals surface area contributed by atoms with Gasteiger partial charge in [0, 0.05) is 26.2 Å². The number of amides is 3. The molecule has 10 heteroatoms. The highest BCUT2D eigenvalue weighted by molar-refractivity contribution is 8.00. The minimum atomic E-state index is -0.548. The monoisotopic (exact) mass is 623 g/mol. The number of para-hydroxylation sites is 1. The van der Waals surface area contributed by atoms with Gasteiger partial charge in [0.05, 0.1) is 16.0 Å².